The molecule has 1 unspecified atom stereocenters. The van der Waals surface area contributed by atoms with Gasteiger partial charge in [-0.2, -0.15) is 5.10 Å². The van der Waals surface area contributed by atoms with E-state index >= 15 is 0 Å². The third-order valence-corrected chi connectivity index (χ3v) is 3.07. The van der Waals surface area contributed by atoms with E-state index in [0.717, 1.165) is 5.56 Å². The van der Waals surface area contributed by atoms with Gasteiger partial charge < -0.3 is 10.6 Å². The Bertz CT molecular complexity index is 581. The number of aromatic nitrogens is 2. The van der Waals surface area contributed by atoms with Crippen LogP contribution in [-0.4, -0.2) is 28.6 Å². The Morgan fingerprint density at radius 1 is 1.24 bits per heavy atom. The number of nitrogens with one attached hydrogen (secondary N) is 2. The molecule has 110 valence electrons. The van der Waals surface area contributed by atoms with E-state index in [4.69, 9.17) is 0 Å². The lowest BCUT2D eigenvalue weighted by atomic mass is 10.1. The van der Waals surface area contributed by atoms with E-state index in [1.807, 2.05) is 30.3 Å². The zero-order valence-corrected chi connectivity index (χ0v) is 11.8. The molecule has 1 heterocycles. The van der Waals surface area contributed by atoms with E-state index in [9.17, 15) is 9.59 Å². The smallest absolute Gasteiger partial charge is 0.246 e. The first-order valence-corrected chi connectivity index (χ1v) is 6.74. The van der Waals surface area contributed by atoms with Crippen LogP contribution in [0.5, 0.6) is 0 Å². The SMILES string of the molecule is CNC(=O)C(NC(=O)CCn1cccn1)c1ccccc1. The van der Waals surface area contributed by atoms with Crippen LogP contribution in [0.1, 0.15) is 18.0 Å². The second-order valence-corrected chi connectivity index (χ2v) is 4.54. The van der Waals surface area contributed by atoms with Crippen LogP contribution in [0, 0.1) is 0 Å². The molecular weight excluding hydrogens is 268 g/mol. The highest BCUT2D eigenvalue weighted by atomic mass is 16.2. The Kier molecular flexibility index (Phi) is 5.09. The first kappa shape index (κ1) is 14.8. The molecule has 0 fully saturated rings. The number of aryl methyl sites for hydroxylation is 1. The lowest BCUT2D eigenvalue weighted by Gasteiger charge is -2.17. The van der Waals surface area contributed by atoms with E-state index < -0.39 is 6.04 Å². The quantitative estimate of drug-likeness (QED) is 0.827. The molecule has 0 bridgehead atoms. The number of hydrogen-bond acceptors (Lipinski definition) is 3. The second kappa shape index (κ2) is 7.23. The number of benzene rings is 1. The molecule has 6 heteroatoms. The third-order valence-electron chi connectivity index (χ3n) is 3.07. The maximum atomic E-state index is 12.0. The highest BCUT2D eigenvalue weighted by molar-refractivity contribution is 5.88. The molecule has 0 spiro atoms. The van der Waals surface area contributed by atoms with Crippen LogP contribution in [0.3, 0.4) is 0 Å². The van der Waals surface area contributed by atoms with Gasteiger partial charge >= 0.3 is 0 Å². The van der Waals surface area contributed by atoms with Gasteiger partial charge in [0, 0.05) is 32.4 Å². The molecular formula is C15H18N4O2. The third kappa shape index (κ3) is 4.17. The highest BCUT2D eigenvalue weighted by Gasteiger charge is 2.21. The summed E-state index contributed by atoms with van der Waals surface area (Å²) >= 11 is 0. The number of amides is 2. The lowest BCUT2D eigenvalue weighted by Crippen LogP contribution is -2.39. The van der Waals surface area contributed by atoms with Crippen LogP contribution in [0.15, 0.2) is 48.8 Å². The maximum Gasteiger partial charge on any atom is 0.246 e. The fourth-order valence-electron chi connectivity index (χ4n) is 1.97. The Hall–Kier alpha value is -2.63. The van der Waals surface area contributed by atoms with Gasteiger partial charge in [0.25, 0.3) is 0 Å². The molecule has 1 aromatic heterocycles. The number of rotatable bonds is 6. The van der Waals surface area contributed by atoms with Crippen molar-refractivity contribution >= 4 is 11.8 Å². The molecule has 6 nitrogen and oxygen atoms in total. The zero-order valence-electron chi connectivity index (χ0n) is 11.8. The van der Waals surface area contributed by atoms with Crippen molar-refractivity contribution in [1.29, 1.82) is 0 Å². The van der Waals surface area contributed by atoms with Crippen LogP contribution in [0.2, 0.25) is 0 Å². The van der Waals surface area contributed by atoms with Gasteiger partial charge in [0.1, 0.15) is 6.04 Å². The van der Waals surface area contributed by atoms with Crippen molar-refractivity contribution in [2.45, 2.75) is 19.0 Å². The molecule has 2 rings (SSSR count). The molecule has 0 radical (unpaired) electrons. The predicted octanol–water partition coefficient (Wildman–Crippen LogP) is 0.877. The largest absolute Gasteiger partial charge is 0.357 e. The minimum Gasteiger partial charge on any atom is -0.357 e. The van der Waals surface area contributed by atoms with Crippen LogP contribution >= 0.6 is 0 Å². The van der Waals surface area contributed by atoms with E-state index in [1.54, 1.807) is 30.2 Å². The van der Waals surface area contributed by atoms with Gasteiger partial charge in [0.05, 0.1) is 0 Å². The van der Waals surface area contributed by atoms with Gasteiger partial charge in [-0.1, -0.05) is 30.3 Å². The summed E-state index contributed by atoms with van der Waals surface area (Å²) < 4.78 is 1.68. The van der Waals surface area contributed by atoms with Crippen molar-refractivity contribution in [3.05, 3.63) is 54.4 Å². The summed E-state index contributed by atoms with van der Waals surface area (Å²) in [5.74, 6) is -0.434. The van der Waals surface area contributed by atoms with Crippen LogP contribution in [-0.2, 0) is 16.1 Å². The number of carbonyl (C=O) groups is 2. The Morgan fingerprint density at radius 3 is 2.62 bits per heavy atom. The minimum absolute atomic E-state index is 0.192. The van der Waals surface area contributed by atoms with Gasteiger partial charge in [-0.15, -0.1) is 0 Å². The molecule has 1 atom stereocenters. The van der Waals surface area contributed by atoms with Crippen LogP contribution in [0.4, 0.5) is 0 Å². The van der Waals surface area contributed by atoms with Crippen molar-refractivity contribution < 1.29 is 9.59 Å². The summed E-state index contributed by atoms with van der Waals surface area (Å²) in [7, 11) is 1.55. The average Bonchev–Trinajstić information content (AvgIpc) is 3.04. The summed E-state index contributed by atoms with van der Waals surface area (Å²) in [4.78, 5) is 23.9. The summed E-state index contributed by atoms with van der Waals surface area (Å²) in [5, 5.41) is 9.36. The van der Waals surface area contributed by atoms with Crippen LogP contribution in [0.25, 0.3) is 0 Å². The lowest BCUT2D eigenvalue weighted by molar-refractivity contribution is -0.129. The molecule has 0 saturated heterocycles. The second-order valence-electron chi connectivity index (χ2n) is 4.54. The van der Waals surface area contributed by atoms with Gasteiger partial charge in [0.15, 0.2) is 0 Å². The molecule has 0 saturated carbocycles. The van der Waals surface area contributed by atoms with Crippen molar-refractivity contribution in [2.24, 2.45) is 0 Å². The summed E-state index contributed by atoms with van der Waals surface area (Å²) in [6, 6.07) is 10.3. The molecule has 21 heavy (non-hydrogen) atoms. The van der Waals surface area contributed by atoms with Crippen molar-refractivity contribution in [1.82, 2.24) is 20.4 Å². The van der Waals surface area contributed by atoms with Crippen molar-refractivity contribution in [2.75, 3.05) is 7.05 Å². The number of nitrogens with zero attached hydrogens (tertiary/aromatic N) is 2. The molecule has 0 aliphatic rings. The fourth-order valence-corrected chi connectivity index (χ4v) is 1.97. The van der Waals surface area contributed by atoms with Crippen molar-refractivity contribution in [3.8, 4) is 0 Å². The molecule has 2 N–H and O–H groups in total. The van der Waals surface area contributed by atoms with Crippen molar-refractivity contribution in [3.63, 3.8) is 0 Å². The zero-order chi connectivity index (χ0) is 15.1. The average molecular weight is 286 g/mol. The molecule has 0 aliphatic carbocycles. The van der Waals surface area contributed by atoms with Gasteiger partial charge in [-0.25, -0.2) is 0 Å². The number of hydrogen-bond donors (Lipinski definition) is 2. The summed E-state index contributed by atoms with van der Waals surface area (Å²) in [6.45, 7) is 0.480. The first-order valence-electron chi connectivity index (χ1n) is 6.74. The number of carbonyl (C=O) groups excluding carboxylic acids is 2. The topological polar surface area (TPSA) is 76.0 Å². The van der Waals surface area contributed by atoms with E-state index in [2.05, 4.69) is 15.7 Å². The van der Waals surface area contributed by atoms with Gasteiger partial charge in [0.2, 0.25) is 11.8 Å². The first-order chi connectivity index (χ1) is 10.2. The summed E-state index contributed by atoms with van der Waals surface area (Å²) in [6.07, 6.45) is 3.72. The standard InChI is InChI=1S/C15H18N4O2/c1-16-15(21)14(12-6-3-2-4-7-12)18-13(20)8-11-19-10-5-9-17-19/h2-7,9-10,14H,8,11H2,1H3,(H,16,21)(H,18,20). The molecule has 1 aromatic carbocycles. The Labute approximate surface area is 123 Å². The molecule has 2 amide bonds. The monoisotopic (exact) mass is 286 g/mol. The predicted molar refractivity (Wildman–Crippen MR) is 78.2 cm³/mol. The van der Waals surface area contributed by atoms with E-state index in [1.165, 1.54) is 0 Å². The van der Waals surface area contributed by atoms with E-state index in [0.29, 0.717) is 6.54 Å². The minimum atomic E-state index is -0.679. The summed E-state index contributed by atoms with van der Waals surface area (Å²) in [5.41, 5.74) is 0.754. The van der Waals surface area contributed by atoms with Gasteiger partial charge in [-0.05, 0) is 11.6 Å². The molecule has 2 aromatic rings. The fraction of sp³-hybridized carbons (Fsp3) is 0.267. The van der Waals surface area contributed by atoms with Crippen LogP contribution < -0.4 is 10.6 Å². The van der Waals surface area contributed by atoms with E-state index in [-0.39, 0.29) is 18.2 Å². The highest BCUT2D eigenvalue weighted by Crippen LogP contribution is 2.12. The maximum absolute atomic E-state index is 12.0. The normalized spacial score (nSPS) is 11.7. The molecule has 0 aliphatic heterocycles. The number of likely N-dealkylation sites (N-methyl/N-ethyl adjacent to an activating group) is 1. The Balaban J connectivity index is 1.98. The Morgan fingerprint density at radius 2 is 2.00 bits per heavy atom. The van der Waals surface area contributed by atoms with Gasteiger partial charge in [-0.3, -0.25) is 14.3 Å².